The summed E-state index contributed by atoms with van der Waals surface area (Å²) in [6.45, 7) is -0.235. The molecule has 6 heteroatoms. The predicted octanol–water partition coefficient (Wildman–Crippen LogP) is 2.32. The summed E-state index contributed by atoms with van der Waals surface area (Å²) in [5.41, 5.74) is 0.617. The number of halogens is 4. The lowest BCUT2D eigenvalue weighted by atomic mass is 10.1. The van der Waals surface area contributed by atoms with Crippen LogP contribution in [0.3, 0.4) is 0 Å². The van der Waals surface area contributed by atoms with Crippen LogP contribution < -0.4 is 5.48 Å². The van der Waals surface area contributed by atoms with Gasteiger partial charge in [0.05, 0.1) is 5.56 Å². The molecular formula is C8H7F4NO. The monoisotopic (exact) mass is 209 g/mol. The lowest BCUT2D eigenvalue weighted by Gasteiger charge is -2.08. The Balaban J connectivity index is 3.07. The Bertz CT molecular complexity index is 324. The zero-order valence-electron chi connectivity index (χ0n) is 6.90. The van der Waals surface area contributed by atoms with Gasteiger partial charge >= 0.3 is 6.18 Å². The summed E-state index contributed by atoms with van der Waals surface area (Å²) in [6.07, 6.45) is -4.58. The average Bonchev–Trinajstić information content (AvgIpc) is 2.02. The molecule has 0 saturated heterocycles. The topological polar surface area (TPSA) is 32.3 Å². The summed E-state index contributed by atoms with van der Waals surface area (Å²) in [7, 11) is 0. The maximum absolute atomic E-state index is 12.7. The first-order chi connectivity index (χ1) is 6.43. The molecule has 0 saturated carbocycles. The van der Waals surface area contributed by atoms with Crippen LogP contribution in [0.4, 0.5) is 17.6 Å². The highest BCUT2D eigenvalue weighted by molar-refractivity contribution is 5.26. The molecule has 2 nitrogen and oxygen atoms in total. The minimum atomic E-state index is -4.58. The van der Waals surface area contributed by atoms with Gasteiger partial charge in [-0.15, -0.1) is 0 Å². The van der Waals surface area contributed by atoms with Crippen LogP contribution in [0.15, 0.2) is 18.2 Å². The lowest BCUT2D eigenvalue weighted by molar-refractivity contribution is -0.137. The maximum atomic E-state index is 12.7. The summed E-state index contributed by atoms with van der Waals surface area (Å²) in [5, 5.41) is 8.25. The summed E-state index contributed by atoms with van der Waals surface area (Å²) in [4.78, 5) is 0. The van der Waals surface area contributed by atoms with Gasteiger partial charge in [0.25, 0.3) is 0 Å². The van der Waals surface area contributed by atoms with Crippen LogP contribution in [0.1, 0.15) is 11.1 Å². The van der Waals surface area contributed by atoms with E-state index in [1.807, 2.05) is 0 Å². The van der Waals surface area contributed by atoms with E-state index < -0.39 is 17.6 Å². The number of hydroxylamine groups is 1. The van der Waals surface area contributed by atoms with Crippen molar-refractivity contribution in [3.05, 3.63) is 35.1 Å². The Morgan fingerprint density at radius 3 is 2.36 bits per heavy atom. The fraction of sp³-hybridized carbons (Fsp3) is 0.250. The van der Waals surface area contributed by atoms with Crippen LogP contribution in [-0.4, -0.2) is 5.21 Å². The first kappa shape index (κ1) is 10.9. The molecule has 0 aliphatic rings. The van der Waals surface area contributed by atoms with Crippen molar-refractivity contribution in [2.75, 3.05) is 0 Å². The van der Waals surface area contributed by atoms with E-state index in [4.69, 9.17) is 5.21 Å². The summed E-state index contributed by atoms with van der Waals surface area (Å²) < 4.78 is 49.1. The number of rotatable bonds is 2. The van der Waals surface area contributed by atoms with Crippen LogP contribution in [0.2, 0.25) is 0 Å². The van der Waals surface area contributed by atoms with Gasteiger partial charge in [-0.05, 0) is 23.8 Å². The molecule has 0 aromatic heterocycles. The van der Waals surface area contributed by atoms with Crippen LogP contribution in [-0.2, 0) is 12.7 Å². The fourth-order valence-electron chi connectivity index (χ4n) is 1.01. The number of hydrogen-bond donors (Lipinski definition) is 2. The number of alkyl halides is 3. The standard InChI is InChI=1S/C8H7F4NO/c9-7-2-5(4-13-14)1-6(3-7)8(10,11)12/h1-3,13-14H,4H2. The zero-order chi connectivity index (χ0) is 10.8. The van der Waals surface area contributed by atoms with E-state index >= 15 is 0 Å². The predicted molar refractivity (Wildman–Crippen MR) is 40.0 cm³/mol. The Hall–Kier alpha value is -1.14. The molecule has 0 amide bonds. The molecule has 0 heterocycles. The first-order valence-electron chi connectivity index (χ1n) is 3.67. The molecule has 1 rings (SSSR count). The van der Waals surface area contributed by atoms with Crippen molar-refractivity contribution in [3.8, 4) is 0 Å². The smallest absolute Gasteiger partial charge is 0.316 e. The maximum Gasteiger partial charge on any atom is 0.416 e. The fourth-order valence-corrected chi connectivity index (χ4v) is 1.01. The molecule has 0 spiro atoms. The average molecular weight is 209 g/mol. The van der Waals surface area contributed by atoms with E-state index in [-0.39, 0.29) is 12.1 Å². The number of nitrogens with one attached hydrogen (secondary N) is 1. The molecule has 1 aromatic rings. The van der Waals surface area contributed by atoms with Crippen molar-refractivity contribution in [2.24, 2.45) is 0 Å². The number of benzene rings is 1. The van der Waals surface area contributed by atoms with E-state index in [2.05, 4.69) is 0 Å². The summed E-state index contributed by atoms with van der Waals surface area (Å²) in [6, 6.07) is 2.09. The third-order valence-corrected chi connectivity index (χ3v) is 1.57. The SMILES string of the molecule is ONCc1cc(F)cc(C(F)(F)F)c1. The molecule has 0 bridgehead atoms. The van der Waals surface area contributed by atoms with Gasteiger partial charge in [-0.3, -0.25) is 0 Å². The quantitative estimate of drug-likeness (QED) is 0.578. The van der Waals surface area contributed by atoms with Gasteiger partial charge in [-0.2, -0.15) is 13.2 Å². The van der Waals surface area contributed by atoms with Gasteiger partial charge in [-0.25, -0.2) is 9.87 Å². The van der Waals surface area contributed by atoms with Gasteiger partial charge in [0.15, 0.2) is 0 Å². The van der Waals surface area contributed by atoms with Gasteiger partial charge in [0.1, 0.15) is 5.82 Å². The Morgan fingerprint density at radius 1 is 1.21 bits per heavy atom. The minimum Gasteiger partial charge on any atom is -0.316 e. The van der Waals surface area contributed by atoms with Crippen molar-refractivity contribution in [1.29, 1.82) is 0 Å². The first-order valence-corrected chi connectivity index (χ1v) is 3.67. The van der Waals surface area contributed by atoms with Crippen LogP contribution >= 0.6 is 0 Å². The van der Waals surface area contributed by atoms with Crippen molar-refractivity contribution in [1.82, 2.24) is 5.48 Å². The van der Waals surface area contributed by atoms with Gasteiger partial charge in [-0.1, -0.05) is 0 Å². The van der Waals surface area contributed by atoms with Crippen LogP contribution in [0.25, 0.3) is 0 Å². The lowest BCUT2D eigenvalue weighted by Crippen LogP contribution is -2.10. The largest absolute Gasteiger partial charge is 0.416 e. The Kier molecular flexibility index (Phi) is 3.07. The molecule has 2 N–H and O–H groups in total. The van der Waals surface area contributed by atoms with E-state index in [0.717, 1.165) is 12.1 Å². The number of hydrogen-bond acceptors (Lipinski definition) is 2. The highest BCUT2D eigenvalue weighted by Crippen LogP contribution is 2.30. The minimum absolute atomic E-state index is 0.0276. The molecule has 78 valence electrons. The van der Waals surface area contributed by atoms with Crippen LogP contribution in [0, 0.1) is 5.82 Å². The second-order valence-electron chi connectivity index (χ2n) is 2.68. The second kappa shape index (κ2) is 3.93. The normalized spacial score (nSPS) is 11.8. The van der Waals surface area contributed by atoms with E-state index in [9.17, 15) is 17.6 Å². The molecule has 0 radical (unpaired) electrons. The molecule has 0 unspecified atom stereocenters. The molecular weight excluding hydrogens is 202 g/mol. The van der Waals surface area contributed by atoms with Crippen molar-refractivity contribution >= 4 is 0 Å². The second-order valence-corrected chi connectivity index (χ2v) is 2.68. The molecule has 0 aliphatic carbocycles. The third-order valence-electron chi connectivity index (χ3n) is 1.57. The van der Waals surface area contributed by atoms with Gasteiger partial charge in [0.2, 0.25) is 0 Å². The van der Waals surface area contributed by atoms with E-state index in [0.29, 0.717) is 6.07 Å². The van der Waals surface area contributed by atoms with E-state index in [1.165, 1.54) is 0 Å². The van der Waals surface area contributed by atoms with E-state index in [1.54, 1.807) is 5.48 Å². The zero-order valence-corrected chi connectivity index (χ0v) is 6.90. The van der Waals surface area contributed by atoms with Crippen molar-refractivity contribution < 1.29 is 22.8 Å². The molecule has 1 aromatic carbocycles. The van der Waals surface area contributed by atoms with Gasteiger partial charge < -0.3 is 5.21 Å². The highest BCUT2D eigenvalue weighted by atomic mass is 19.4. The molecule has 0 atom stereocenters. The van der Waals surface area contributed by atoms with Crippen LogP contribution in [0.5, 0.6) is 0 Å². The highest BCUT2D eigenvalue weighted by Gasteiger charge is 2.31. The van der Waals surface area contributed by atoms with Crippen molar-refractivity contribution in [2.45, 2.75) is 12.7 Å². The summed E-state index contributed by atoms with van der Waals surface area (Å²) in [5.74, 6) is -0.981. The van der Waals surface area contributed by atoms with Gasteiger partial charge in [0, 0.05) is 6.54 Å². The van der Waals surface area contributed by atoms with Crippen molar-refractivity contribution in [3.63, 3.8) is 0 Å². The Morgan fingerprint density at radius 2 is 1.86 bits per heavy atom. The summed E-state index contributed by atoms with van der Waals surface area (Å²) >= 11 is 0. The molecule has 0 aliphatic heterocycles. The third kappa shape index (κ3) is 2.68. The molecule has 14 heavy (non-hydrogen) atoms. The Labute approximate surface area is 77.1 Å². The molecule has 0 fully saturated rings.